The van der Waals surface area contributed by atoms with Gasteiger partial charge in [-0.2, -0.15) is 4.98 Å². The van der Waals surface area contributed by atoms with Crippen molar-refractivity contribution < 1.29 is 4.42 Å². The molecule has 5 nitrogen and oxygen atoms in total. The van der Waals surface area contributed by atoms with E-state index in [4.69, 9.17) is 10.2 Å². The second-order valence-electron chi connectivity index (χ2n) is 4.83. The molecule has 0 amide bonds. The second-order valence-corrected chi connectivity index (χ2v) is 5.86. The summed E-state index contributed by atoms with van der Waals surface area (Å²) in [6.45, 7) is 2.02. The molecule has 21 heavy (non-hydrogen) atoms. The number of thiazole rings is 1. The first-order valence-electron chi connectivity index (χ1n) is 6.48. The highest BCUT2D eigenvalue weighted by atomic mass is 32.1. The van der Waals surface area contributed by atoms with Crippen molar-refractivity contribution in [2.75, 3.05) is 11.1 Å². The highest BCUT2D eigenvalue weighted by molar-refractivity contribution is 7.22. The molecule has 0 aliphatic heterocycles. The Bertz CT molecular complexity index is 924. The number of nitrogens with zero attached hydrogens (tertiary/aromatic N) is 2. The van der Waals surface area contributed by atoms with Crippen molar-refractivity contribution in [1.82, 2.24) is 9.97 Å². The number of nitrogen functional groups attached to an aromatic ring is 1. The molecule has 104 valence electrons. The van der Waals surface area contributed by atoms with Gasteiger partial charge in [0.2, 0.25) is 0 Å². The number of hydrogen-bond acceptors (Lipinski definition) is 6. The summed E-state index contributed by atoms with van der Waals surface area (Å²) in [5, 5.41) is 3.82. The van der Waals surface area contributed by atoms with E-state index in [2.05, 4.69) is 21.4 Å². The Morgan fingerprint density at radius 2 is 2.05 bits per heavy atom. The third kappa shape index (κ3) is 2.09. The van der Waals surface area contributed by atoms with Crippen LogP contribution in [0.1, 0.15) is 5.56 Å². The van der Waals surface area contributed by atoms with Gasteiger partial charge in [0.05, 0.1) is 10.4 Å². The molecule has 0 bridgehead atoms. The highest BCUT2D eigenvalue weighted by Crippen LogP contribution is 2.32. The van der Waals surface area contributed by atoms with Crippen LogP contribution >= 0.6 is 11.3 Å². The quantitative estimate of drug-likeness (QED) is 0.545. The van der Waals surface area contributed by atoms with Gasteiger partial charge in [-0.1, -0.05) is 23.5 Å². The van der Waals surface area contributed by atoms with Crippen LogP contribution < -0.4 is 11.1 Å². The summed E-state index contributed by atoms with van der Waals surface area (Å²) >= 11 is 1.53. The van der Waals surface area contributed by atoms with Gasteiger partial charge < -0.3 is 10.2 Å². The number of para-hydroxylation sites is 2. The van der Waals surface area contributed by atoms with Crippen LogP contribution in [0.5, 0.6) is 0 Å². The largest absolute Gasteiger partial charge is 0.423 e. The fourth-order valence-electron chi connectivity index (χ4n) is 2.27. The molecule has 0 aliphatic rings. The molecule has 2 aromatic carbocycles. The van der Waals surface area contributed by atoms with Gasteiger partial charge in [-0.25, -0.2) is 4.98 Å². The summed E-state index contributed by atoms with van der Waals surface area (Å²) in [5.41, 5.74) is 10.2. The number of benzene rings is 2. The normalized spacial score (nSPS) is 11.3. The Morgan fingerprint density at radius 1 is 1.19 bits per heavy atom. The van der Waals surface area contributed by atoms with Crippen LogP contribution in [-0.2, 0) is 0 Å². The van der Waals surface area contributed by atoms with Crippen molar-refractivity contribution in [2.24, 2.45) is 0 Å². The zero-order chi connectivity index (χ0) is 14.4. The van der Waals surface area contributed by atoms with Crippen molar-refractivity contribution in [3.05, 3.63) is 42.0 Å². The zero-order valence-electron chi connectivity index (χ0n) is 11.3. The number of aryl methyl sites for hydroxylation is 1. The molecule has 0 saturated heterocycles. The topological polar surface area (TPSA) is 77.0 Å². The Hall–Kier alpha value is -2.60. The molecule has 4 rings (SSSR count). The fourth-order valence-corrected chi connectivity index (χ4v) is 3.26. The lowest BCUT2D eigenvalue weighted by atomic mass is 10.2. The van der Waals surface area contributed by atoms with E-state index in [1.807, 2.05) is 37.3 Å². The van der Waals surface area contributed by atoms with Crippen molar-refractivity contribution in [3.8, 4) is 0 Å². The van der Waals surface area contributed by atoms with Gasteiger partial charge >= 0.3 is 6.01 Å². The lowest BCUT2D eigenvalue weighted by Crippen LogP contribution is -1.90. The van der Waals surface area contributed by atoms with Gasteiger partial charge in [0, 0.05) is 0 Å². The minimum absolute atomic E-state index is 0.436. The first kappa shape index (κ1) is 12.2. The summed E-state index contributed by atoms with van der Waals surface area (Å²) < 4.78 is 6.68. The second kappa shape index (κ2) is 4.46. The van der Waals surface area contributed by atoms with E-state index >= 15 is 0 Å². The van der Waals surface area contributed by atoms with E-state index in [0.29, 0.717) is 16.8 Å². The monoisotopic (exact) mass is 296 g/mol. The Labute approximate surface area is 124 Å². The lowest BCUT2D eigenvalue weighted by Gasteiger charge is -1.96. The maximum absolute atomic E-state index is 6.00. The minimum atomic E-state index is 0.436. The van der Waals surface area contributed by atoms with Gasteiger partial charge in [-0.15, -0.1) is 0 Å². The van der Waals surface area contributed by atoms with Crippen LogP contribution in [0.15, 0.2) is 40.8 Å². The van der Waals surface area contributed by atoms with Gasteiger partial charge in [-0.05, 0) is 36.8 Å². The molecule has 0 unspecified atom stereocenters. The Morgan fingerprint density at radius 3 is 2.90 bits per heavy atom. The third-order valence-corrected chi connectivity index (χ3v) is 4.09. The predicted octanol–water partition coefficient (Wildman–Crippen LogP) is 4.07. The standard InChI is InChI=1S/C15H12N4OS/c1-8-6-9(16)13-12(7-8)21-15(18-13)19-14-17-10-4-2-3-5-11(10)20-14/h2-7H,16H2,1H3,(H,17,18,19). The predicted molar refractivity (Wildman–Crippen MR) is 86.1 cm³/mol. The molecule has 0 radical (unpaired) electrons. The first-order valence-corrected chi connectivity index (χ1v) is 7.30. The maximum atomic E-state index is 6.00. The fraction of sp³-hybridized carbons (Fsp3) is 0.0667. The summed E-state index contributed by atoms with van der Waals surface area (Å²) in [6, 6.07) is 12.1. The smallest absolute Gasteiger partial charge is 0.302 e. The number of oxazole rings is 1. The lowest BCUT2D eigenvalue weighted by molar-refractivity contribution is 0.623. The van der Waals surface area contributed by atoms with Crippen LogP contribution in [0, 0.1) is 6.92 Å². The summed E-state index contributed by atoms with van der Waals surface area (Å²) in [4.78, 5) is 8.88. The van der Waals surface area contributed by atoms with Gasteiger partial charge in [0.15, 0.2) is 10.7 Å². The van der Waals surface area contributed by atoms with Crippen LogP contribution in [0.4, 0.5) is 16.8 Å². The van der Waals surface area contributed by atoms with Crippen molar-refractivity contribution in [2.45, 2.75) is 6.92 Å². The molecule has 0 atom stereocenters. The van der Waals surface area contributed by atoms with Crippen LogP contribution in [0.2, 0.25) is 0 Å². The number of nitrogens with one attached hydrogen (secondary N) is 1. The summed E-state index contributed by atoms with van der Waals surface area (Å²) in [6.07, 6.45) is 0. The van der Waals surface area contributed by atoms with Crippen molar-refractivity contribution >= 4 is 49.5 Å². The highest BCUT2D eigenvalue weighted by Gasteiger charge is 2.10. The summed E-state index contributed by atoms with van der Waals surface area (Å²) in [7, 11) is 0. The molecule has 3 N–H and O–H groups in total. The van der Waals surface area contributed by atoms with Gasteiger partial charge in [0.25, 0.3) is 0 Å². The first-order chi connectivity index (χ1) is 10.2. The van der Waals surface area contributed by atoms with Crippen molar-refractivity contribution in [3.63, 3.8) is 0 Å². The molecule has 0 saturated carbocycles. The SMILES string of the molecule is Cc1cc(N)c2nc(Nc3nc4ccccc4o3)sc2c1. The minimum Gasteiger partial charge on any atom is -0.423 e. The van der Waals surface area contributed by atoms with Crippen LogP contribution in [-0.4, -0.2) is 9.97 Å². The van der Waals surface area contributed by atoms with Crippen molar-refractivity contribution in [1.29, 1.82) is 0 Å². The summed E-state index contributed by atoms with van der Waals surface area (Å²) in [5.74, 6) is 0. The molecule has 0 spiro atoms. The number of nitrogens with two attached hydrogens (primary N) is 1. The molecule has 2 heterocycles. The van der Waals surface area contributed by atoms with E-state index < -0.39 is 0 Å². The molecular weight excluding hydrogens is 284 g/mol. The zero-order valence-corrected chi connectivity index (χ0v) is 12.1. The Kier molecular flexibility index (Phi) is 2.58. The van der Waals surface area contributed by atoms with Gasteiger partial charge in [0.1, 0.15) is 11.0 Å². The van der Waals surface area contributed by atoms with E-state index in [-0.39, 0.29) is 0 Å². The average molecular weight is 296 g/mol. The number of rotatable bonds is 2. The third-order valence-electron chi connectivity index (χ3n) is 3.18. The molecule has 0 aliphatic carbocycles. The number of hydrogen-bond donors (Lipinski definition) is 2. The van der Waals surface area contributed by atoms with E-state index in [0.717, 1.165) is 26.9 Å². The molecule has 6 heteroatoms. The maximum Gasteiger partial charge on any atom is 0.302 e. The number of fused-ring (bicyclic) bond motifs is 2. The van der Waals surface area contributed by atoms with E-state index in [1.165, 1.54) is 11.3 Å². The molecule has 0 fully saturated rings. The molecular formula is C15H12N4OS. The number of aromatic nitrogens is 2. The van der Waals surface area contributed by atoms with E-state index in [1.54, 1.807) is 0 Å². The van der Waals surface area contributed by atoms with E-state index in [9.17, 15) is 0 Å². The average Bonchev–Trinajstić information content (AvgIpc) is 3.01. The Balaban J connectivity index is 1.75. The van der Waals surface area contributed by atoms with Crippen LogP contribution in [0.3, 0.4) is 0 Å². The van der Waals surface area contributed by atoms with Gasteiger partial charge in [-0.3, -0.25) is 5.32 Å². The van der Waals surface area contributed by atoms with Crippen LogP contribution in [0.25, 0.3) is 21.3 Å². The molecule has 4 aromatic rings. The number of anilines is 3. The molecule has 2 aromatic heterocycles.